The summed E-state index contributed by atoms with van der Waals surface area (Å²) in [5.74, 6) is -0.0223. The van der Waals surface area contributed by atoms with E-state index in [-0.39, 0.29) is 17.7 Å². The minimum absolute atomic E-state index is 0.227. The Morgan fingerprint density at radius 1 is 1.16 bits per heavy atom. The number of rotatable bonds is 1. The molecule has 3 rings (SSSR count). The Kier molecular flexibility index (Phi) is 3.14. The van der Waals surface area contributed by atoms with Gasteiger partial charge in [0, 0.05) is 6.07 Å². The molecule has 19 heavy (non-hydrogen) atoms. The second-order valence-corrected chi connectivity index (χ2v) is 5.16. The van der Waals surface area contributed by atoms with E-state index in [4.69, 9.17) is 4.74 Å². The lowest BCUT2D eigenvalue weighted by molar-refractivity contribution is 0.210. The molecule has 1 aliphatic rings. The van der Waals surface area contributed by atoms with E-state index in [1.807, 2.05) is 0 Å². The molecule has 1 atom stereocenters. The van der Waals surface area contributed by atoms with Crippen LogP contribution in [-0.2, 0) is 0 Å². The fourth-order valence-electron chi connectivity index (χ4n) is 2.04. The summed E-state index contributed by atoms with van der Waals surface area (Å²) in [5.41, 5.74) is 1.49. The molecule has 1 unspecified atom stereocenters. The molecule has 0 aromatic heterocycles. The van der Waals surface area contributed by atoms with Crippen molar-refractivity contribution >= 4 is 21.6 Å². The van der Waals surface area contributed by atoms with Gasteiger partial charge in [0.05, 0.1) is 16.7 Å². The predicted octanol–water partition coefficient (Wildman–Crippen LogP) is 4.27. The van der Waals surface area contributed by atoms with Crippen LogP contribution in [0.2, 0.25) is 0 Å². The Bertz CT molecular complexity index is 633. The lowest BCUT2D eigenvalue weighted by Crippen LogP contribution is -2.23. The Morgan fingerprint density at radius 2 is 2.00 bits per heavy atom. The van der Waals surface area contributed by atoms with E-state index in [0.717, 1.165) is 5.56 Å². The van der Waals surface area contributed by atoms with Crippen LogP contribution in [0.25, 0.3) is 0 Å². The summed E-state index contributed by atoms with van der Waals surface area (Å²) >= 11 is 3.15. The molecular formula is C14H10BrF2NO. The number of hydrogen-bond donors (Lipinski definition) is 1. The smallest absolute Gasteiger partial charge is 0.143 e. The molecule has 0 amide bonds. The minimum atomic E-state index is -0.310. The van der Waals surface area contributed by atoms with Crippen LogP contribution >= 0.6 is 15.9 Å². The monoisotopic (exact) mass is 325 g/mol. The summed E-state index contributed by atoms with van der Waals surface area (Å²) in [6.45, 7) is 0.508. The molecule has 2 aromatic rings. The molecule has 0 fully saturated rings. The minimum Gasteiger partial charge on any atom is -0.482 e. The van der Waals surface area contributed by atoms with Crippen LogP contribution in [0.5, 0.6) is 5.75 Å². The van der Waals surface area contributed by atoms with Gasteiger partial charge in [0.25, 0.3) is 0 Å². The number of anilines is 1. The van der Waals surface area contributed by atoms with Gasteiger partial charge in [0.15, 0.2) is 0 Å². The maximum absolute atomic E-state index is 13.2. The third-order valence-corrected chi connectivity index (χ3v) is 3.61. The first-order chi connectivity index (χ1) is 9.13. The zero-order chi connectivity index (χ0) is 13.4. The summed E-state index contributed by atoms with van der Waals surface area (Å²) < 4.78 is 32.5. The topological polar surface area (TPSA) is 21.3 Å². The first-order valence-corrected chi connectivity index (χ1v) is 6.58. The van der Waals surface area contributed by atoms with Gasteiger partial charge in [-0.05, 0) is 45.8 Å². The lowest BCUT2D eigenvalue weighted by Gasteiger charge is -2.27. The van der Waals surface area contributed by atoms with Gasteiger partial charge in [-0.3, -0.25) is 0 Å². The standard InChI is InChI=1S/C14H10BrF2NO/c15-10-5-8(1-3-11(10)17)14-7-18-12-6-9(16)2-4-13(12)19-14/h1-6,14,18H,7H2. The first-order valence-electron chi connectivity index (χ1n) is 5.78. The van der Waals surface area contributed by atoms with Gasteiger partial charge in [-0.2, -0.15) is 0 Å². The molecule has 98 valence electrons. The third-order valence-electron chi connectivity index (χ3n) is 3.00. The second kappa shape index (κ2) is 4.81. The zero-order valence-corrected chi connectivity index (χ0v) is 11.4. The summed E-state index contributed by atoms with van der Waals surface area (Å²) in [6, 6.07) is 9.10. The highest BCUT2D eigenvalue weighted by Gasteiger charge is 2.21. The van der Waals surface area contributed by atoms with E-state index in [9.17, 15) is 8.78 Å². The Balaban J connectivity index is 1.89. The SMILES string of the molecule is Fc1ccc2c(c1)NCC(c1ccc(F)c(Br)c1)O2. The zero-order valence-electron chi connectivity index (χ0n) is 9.79. The van der Waals surface area contributed by atoms with Crippen molar-refractivity contribution in [1.29, 1.82) is 0 Å². The molecule has 0 bridgehead atoms. The predicted molar refractivity (Wildman–Crippen MR) is 72.4 cm³/mol. The van der Waals surface area contributed by atoms with E-state index in [1.54, 1.807) is 18.2 Å². The number of halogens is 3. The van der Waals surface area contributed by atoms with Crippen LogP contribution in [0, 0.1) is 11.6 Å². The molecule has 1 heterocycles. The Labute approximate surface area is 117 Å². The molecule has 2 nitrogen and oxygen atoms in total. The van der Waals surface area contributed by atoms with Crippen molar-refractivity contribution in [2.75, 3.05) is 11.9 Å². The fraction of sp³-hybridized carbons (Fsp3) is 0.143. The Hall–Kier alpha value is -1.62. The average Bonchev–Trinajstić information content (AvgIpc) is 2.41. The van der Waals surface area contributed by atoms with Crippen LogP contribution in [0.4, 0.5) is 14.5 Å². The fourth-order valence-corrected chi connectivity index (χ4v) is 2.44. The number of hydrogen-bond acceptors (Lipinski definition) is 2. The van der Waals surface area contributed by atoms with Gasteiger partial charge in [-0.1, -0.05) is 6.07 Å². The number of fused-ring (bicyclic) bond motifs is 1. The van der Waals surface area contributed by atoms with Crippen LogP contribution in [0.3, 0.4) is 0 Å². The van der Waals surface area contributed by atoms with E-state index in [0.29, 0.717) is 22.5 Å². The highest BCUT2D eigenvalue weighted by atomic mass is 79.9. The molecular weight excluding hydrogens is 316 g/mol. The average molecular weight is 326 g/mol. The largest absolute Gasteiger partial charge is 0.482 e. The summed E-state index contributed by atoms with van der Waals surface area (Å²) in [6.07, 6.45) is -0.227. The first kappa shape index (κ1) is 12.4. The van der Waals surface area contributed by atoms with Crippen molar-refractivity contribution in [3.05, 3.63) is 58.1 Å². The molecule has 0 aliphatic carbocycles. The van der Waals surface area contributed by atoms with E-state index < -0.39 is 0 Å². The molecule has 1 N–H and O–H groups in total. The molecule has 5 heteroatoms. The quantitative estimate of drug-likeness (QED) is 0.845. The highest BCUT2D eigenvalue weighted by molar-refractivity contribution is 9.10. The van der Waals surface area contributed by atoms with Crippen LogP contribution in [-0.4, -0.2) is 6.54 Å². The summed E-state index contributed by atoms with van der Waals surface area (Å²) in [4.78, 5) is 0. The maximum Gasteiger partial charge on any atom is 0.143 e. The number of benzene rings is 2. The maximum atomic E-state index is 13.2. The van der Waals surface area contributed by atoms with Gasteiger partial charge in [0.2, 0.25) is 0 Å². The summed E-state index contributed by atoms with van der Waals surface area (Å²) in [5, 5.41) is 3.11. The van der Waals surface area contributed by atoms with Crippen LogP contribution in [0.15, 0.2) is 40.9 Å². The molecule has 0 radical (unpaired) electrons. The van der Waals surface area contributed by atoms with Gasteiger partial charge >= 0.3 is 0 Å². The van der Waals surface area contributed by atoms with Gasteiger partial charge in [-0.25, -0.2) is 8.78 Å². The van der Waals surface area contributed by atoms with Gasteiger partial charge < -0.3 is 10.1 Å². The van der Waals surface area contributed by atoms with Crippen molar-refractivity contribution in [3.63, 3.8) is 0 Å². The number of ether oxygens (including phenoxy) is 1. The Morgan fingerprint density at radius 3 is 2.79 bits per heavy atom. The third kappa shape index (κ3) is 2.42. The van der Waals surface area contributed by atoms with Crippen LogP contribution < -0.4 is 10.1 Å². The van der Waals surface area contributed by atoms with E-state index in [2.05, 4.69) is 21.2 Å². The van der Waals surface area contributed by atoms with Crippen LogP contribution in [0.1, 0.15) is 11.7 Å². The molecule has 0 spiro atoms. The van der Waals surface area contributed by atoms with Crippen molar-refractivity contribution in [1.82, 2.24) is 0 Å². The van der Waals surface area contributed by atoms with Crippen molar-refractivity contribution in [2.45, 2.75) is 6.10 Å². The molecule has 0 saturated carbocycles. The molecule has 0 saturated heterocycles. The molecule has 1 aliphatic heterocycles. The normalized spacial score (nSPS) is 17.3. The second-order valence-electron chi connectivity index (χ2n) is 4.30. The van der Waals surface area contributed by atoms with Gasteiger partial charge in [-0.15, -0.1) is 0 Å². The van der Waals surface area contributed by atoms with Crippen molar-refractivity contribution < 1.29 is 13.5 Å². The summed E-state index contributed by atoms with van der Waals surface area (Å²) in [7, 11) is 0. The van der Waals surface area contributed by atoms with Gasteiger partial charge in [0.1, 0.15) is 23.5 Å². The number of nitrogens with one attached hydrogen (secondary N) is 1. The van der Waals surface area contributed by atoms with Crippen molar-refractivity contribution in [2.24, 2.45) is 0 Å². The van der Waals surface area contributed by atoms with E-state index in [1.165, 1.54) is 18.2 Å². The van der Waals surface area contributed by atoms with Crippen molar-refractivity contribution in [3.8, 4) is 5.75 Å². The van der Waals surface area contributed by atoms with E-state index >= 15 is 0 Å². The highest BCUT2D eigenvalue weighted by Crippen LogP contribution is 2.35. The molecule has 2 aromatic carbocycles. The lowest BCUT2D eigenvalue weighted by atomic mass is 10.1.